The first-order valence-electron chi connectivity index (χ1n) is 6.04. The molecule has 0 radical (unpaired) electrons. The van der Waals surface area contributed by atoms with E-state index in [9.17, 15) is 9.18 Å². The molecule has 1 aliphatic heterocycles. The van der Waals surface area contributed by atoms with E-state index < -0.39 is 5.97 Å². The number of likely N-dealkylation sites (tertiary alicyclic amines) is 1. The molecule has 0 unspecified atom stereocenters. The highest BCUT2D eigenvalue weighted by atomic mass is 19.1. The highest BCUT2D eigenvalue weighted by molar-refractivity contribution is 5.70. The maximum atomic E-state index is 12.9. The molecule has 1 saturated heterocycles. The summed E-state index contributed by atoms with van der Waals surface area (Å²) < 4.78 is 12.9. The van der Waals surface area contributed by atoms with Crippen LogP contribution in [0.1, 0.15) is 18.0 Å². The lowest BCUT2D eigenvalue weighted by molar-refractivity contribution is -0.141. The highest BCUT2D eigenvalue weighted by Gasteiger charge is 2.32. The van der Waals surface area contributed by atoms with Crippen LogP contribution < -0.4 is 5.73 Å². The zero-order valence-corrected chi connectivity index (χ0v) is 10.1. The number of nitrogens with zero attached hydrogens (tertiary/aromatic N) is 1. The smallest absolute Gasteiger partial charge is 0.307 e. The monoisotopic (exact) mass is 252 g/mol. The minimum atomic E-state index is -0.757. The molecular formula is C13H17FN2O2. The van der Waals surface area contributed by atoms with Crippen molar-refractivity contribution in [2.45, 2.75) is 12.5 Å². The zero-order chi connectivity index (χ0) is 13.1. The Morgan fingerprint density at radius 1 is 1.50 bits per heavy atom. The molecule has 18 heavy (non-hydrogen) atoms. The first-order chi connectivity index (χ1) is 8.61. The third-order valence-corrected chi connectivity index (χ3v) is 3.49. The van der Waals surface area contributed by atoms with Gasteiger partial charge in [-0.25, -0.2) is 4.39 Å². The summed E-state index contributed by atoms with van der Waals surface area (Å²) in [7, 11) is 0. The molecule has 0 amide bonds. The molecule has 4 nitrogen and oxygen atoms in total. The fraction of sp³-hybridized carbons (Fsp3) is 0.462. The minimum absolute atomic E-state index is 0.0325. The number of carboxylic acids is 1. The van der Waals surface area contributed by atoms with Gasteiger partial charge in [-0.15, -0.1) is 0 Å². The molecule has 1 aliphatic rings. The summed E-state index contributed by atoms with van der Waals surface area (Å²) in [4.78, 5) is 13.0. The lowest BCUT2D eigenvalue weighted by atomic mass is 10.1. The number of carbonyl (C=O) groups is 1. The third kappa shape index (κ3) is 2.68. The molecule has 98 valence electrons. The predicted octanol–water partition coefficient (Wildman–Crippen LogP) is 1.23. The van der Waals surface area contributed by atoms with Gasteiger partial charge in [0.05, 0.1) is 5.92 Å². The Morgan fingerprint density at radius 2 is 2.17 bits per heavy atom. The number of rotatable bonds is 4. The van der Waals surface area contributed by atoms with E-state index in [1.54, 1.807) is 12.1 Å². The third-order valence-electron chi connectivity index (χ3n) is 3.49. The van der Waals surface area contributed by atoms with E-state index >= 15 is 0 Å². The Labute approximate surface area is 105 Å². The van der Waals surface area contributed by atoms with Gasteiger partial charge in [-0.05, 0) is 30.7 Å². The van der Waals surface area contributed by atoms with E-state index in [0.29, 0.717) is 19.5 Å². The van der Waals surface area contributed by atoms with Crippen molar-refractivity contribution < 1.29 is 14.3 Å². The second-order valence-electron chi connectivity index (χ2n) is 4.62. The van der Waals surface area contributed by atoms with Gasteiger partial charge in [0, 0.05) is 19.1 Å². The van der Waals surface area contributed by atoms with Crippen LogP contribution in [0.15, 0.2) is 24.3 Å². The number of halogens is 1. The molecule has 1 heterocycles. The van der Waals surface area contributed by atoms with Crippen LogP contribution in [0.2, 0.25) is 0 Å². The second kappa shape index (κ2) is 5.46. The minimum Gasteiger partial charge on any atom is -0.481 e. The highest BCUT2D eigenvalue weighted by Crippen LogP contribution is 2.27. The van der Waals surface area contributed by atoms with Gasteiger partial charge in [0.2, 0.25) is 0 Å². The summed E-state index contributed by atoms with van der Waals surface area (Å²) in [6.45, 7) is 1.63. The van der Waals surface area contributed by atoms with Gasteiger partial charge in [-0.3, -0.25) is 9.69 Å². The van der Waals surface area contributed by atoms with Gasteiger partial charge in [-0.2, -0.15) is 0 Å². The Kier molecular flexibility index (Phi) is 3.93. The van der Waals surface area contributed by atoms with Crippen LogP contribution in [0, 0.1) is 11.7 Å². The van der Waals surface area contributed by atoms with E-state index in [0.717, 1.165) is 12.1 Å². The number of aliphatic carboxylic acids is 1. The van der Waals surface area contributed by atoms with Gasteiger partial charge in [-0.1, -0.05) is 12.1 Å². The largest absolute Gasteiger partial charge is 0.481 e. The molecule has 3 N–H and O–H groups in total. The number of benzene rings is 1. The van der Waals surface area contributed by atoms with E-state index in [1.807, 2.05) is 0 Å². The average Bonchev–Trinajstić information content (AvgIpc) is 2.82. The molecule has 0 aliphatic carbocycles. The van der Waals surface area contributed by atoms with Crippen LogP contribution in [-0.4, -0.2) is 35.6 Å². The van der Waals surface area contributed by atoms with Gasteiger partial charge in [0.1, 0.15) is 5.82 Å². The first-order valence-corrected chi connectivity index (χ1v) is 6.04. The van der Waals surface area contributed by atoms with Crippen molar-refractivity contribution in [3.63, 3.8) is 0 Å². The summed E-state index contributed by atoms with van der Waals surface area (Å²) in [5.74, 6) is -1.36. The molecule has 0 saturated carbocycles. The lowest BCUT2D eigenvalue weighted by Gasteiger charge is -2.26. The Hall–Kier alpha value is -1.46. The van der Waals surface area contributed by atoms with Crippen LogP contribution in [0.25, 0.3) is 0 Å². The van der Waals surface area contributed by atoms with E-state index in [2.05, 4.69) is 4.90 Å². The van der Waals surface area contributed by atoms with Crippen molar-refractivity contribution in [2.75, 3.05) is 19.6 Å². The van der Waals surface area contributed by atoms with Crippen LogP contribution in [-0.2, 0) is 4.79 Å². The van der Waals surface area contributed by atoms with E-state index in [1.165, 1.54) is 12.1 Å². The number of hydrogen-bond donors (Lipinski definition) is 2. The molecule has 1 aromatic rings. The molecule has 0 aromatic heterocycles. The predicted molar refractivity (Wildman–Crippen MR) is 65.5 cm³/mol. The second-order valence-corrected chi connectivity index (χ2v) is 4.62. The van der Waals surface area contributed by atoms with Gasteiger partial charge in [0.15, 0.2) is 0 Å². The summed E-state index contributed by atoms with van der Waals surface area (Å²) in [6.07, 6.45) is 0.646. The molecule has 2 rings (SSSR count). The van der Waals surface area contributed by atoms with Crippen molar-refractivity contribution in [1.29, 1.82) is 0 Å². The van der Waals surface area contributed by atoms with Crippen molar-refractivity contribution >= 4 is 5.97 Å². The molecule has 1 aromatic carbocycles. The van der Waals surface area contributed by atoms with Crippen LogP contribution in [0.5, 0.6) is 0 Å². The van der Waals surface area contributed by atoms with Gasteiger partial charge in [0.25, 0.3) is 0 Å². The average molecular weight is 252 g/mol. The Bertz CT molecular complexity index is 422. The summed E-state index contributed by atoms with van der Waals surface area (Å²) in [5.41, 5.74) is 6.70. The fourth-order valence-corrected chi connectivity index (χ4v) is 2.45. The SMILES string of the molecule is NC[C@H](c1ccc(F)cc1)N1CC[C@H](C(=O)O)C1. The molecular weight excluding hydrogens is 235 g/mol. The van der Waals surface area contributed by atoms with E-state index in [-0.39, 0.29) is 17.8 Å². The number of hydrogen-bond acceptors (Lipinski definition) is 3. The first kappa shape index (κ1) is 13.0. The fourth-order valence-electron chi connectivity index (χ4n) is 2.45. The topological polar surface area (TPSA) is 66.6 Å². The van der Waals surface area contributed by atoms with Gasteiger partial charge < -0.3 is 10.8 Å². The van der Waals surface area contributed by atoms with Crippen molar-refractivity contribution in [3.8, 4) is 0 Å². The molecule has 0 spiro atoms. The Balaban J connectivity index is 2.10. The summed E-state index contributed by atoms with van der Waals surface area (Å²) >= 11 is 0. The standard InChI is InChI=1S/C13H17FN2O2/c14-11-3-1-9(2-4-11)12(7-15)16-6-5-10(8-16)13(17)18/h1-4,10,12H,5-8,15H2,(H,17,18)/t10-,12+/m0/s1. The van der Waals surface area contributed by atoms with Crippen LogP contribution >= 0.6 is 0 Å². The normalized spacial score (nSPS) is 22.0. The molecule has 1 fully saturated rings. The van der Waals surface area contributed by atoms with Gasteiger partial charge >= 0.3 is 5.97 Å². The van der Waals surface area contributed by atoms with Crippen molar-refractivity contribution in [1.82, 2.24) is 4.90 Å². The summed E-state index contributed by atoms with van der Waals surface area (Å²) in [5, 5.41) is 8.98. The van der Waals surface area contributed by atoms with E-state index in [4.69, 9.17) is 10.8 Å². The molecule has 2 atom stereocenters. The maximum Gasteiger partial charge on any atom is 0.307 e. The quantitative estimate of drug-likeness (QED) is 0.846. The number of nitrogens with two attached hydrogens (primary N) is 1. The maximum absolute atomic E-state index is 12.9. The zero-order valence-electron chi connectivity index (χ0n) is 10.1. The molecule has 5 heteroatoms. The number of carboxylic acid groups (broad SMARTS) is 1. The van der Waals surface area contributed by atoms with Crippen LogP contribution in [0.4, 0.5) is 4.39 Å². The van der Waals surface area contributed by atoms with Crippen LogP contribution in [0.3, 0.4) is 0 Å². The summed E-state index contributed by atoms with van der Waals surface area (Å²) in [6, 6.07) is 6.20. The van der Waals surface area contributed by atoms with Crippen molar-refractivity contribution in [3.05, 3.63) is 35.6 Å². The lowest BCUT2D eigenvalue weighted by Crippen LogP contribution is -2.32. The van der Waals surface area contributed by atoms with Crippen molar-refractivity contribution in [2.24, 2.45) is 11.7 Å². The Morgan fingerprint density at radius 3 is 2.67 bits per heavy atom. The molecule has 0 bridgehead atoms.